The van der Waals surface area contributed by atoms with Gasteiger partial charge in [0.2, 0.25) is 5.69 Å². The molecule has 0 radical (unpaired) electrons. The third kappa shape index (κ3) is 2.71. The van der Waals surface area contributed by atoms with Crippen LogP contribution in [-0.2, 0) is 0 Å². The Morgan fingerprint density at radius 1 is 1.10 bits per heavy atom. The van der Waals surface area contributed by atoms with Gasteiger partial charge in [0.15, 0.2) is 5.82 Å². The Morgan fingerprint density at radius 2 is 1.76 bits per heavy atom. The standard InChI is InChI=1S/C14H15FN6/c1-19-6-8-20(9-7-19)14-13(10-16)17-21(18-14)12-4-2-11(15)3-5-12/h2-5H,6-9H2,1H3. The first kappa shape index (κ1) is 13.5. The van der Waals surface area contributed by atoms with Crippen LogP contribution < -0.4 is 4.90 Å². The van der Waals surface area contributed by atoms with Crippen LogP contribution in [0.1, 0.15) is 5.69 Å². The molecule has 0 unspecified atom stereocenters. The summed E-state index contributed by atoms with van der Waals surface area (Å²) in [6, 6.07) is 7.95. The quantitative estimate of drug-likeness (QED) is 0.825. The van der Waals surface area contributed by atoms with Gasteiger partial charge in [0.05, 0.1) is 5.69 Å². The summed E-state index contributed by atoms with van der Waals surface area (Å²) in [4.78, 5) is 5.67. The van der Waals surface area contributed by atoms with Crippen molar-refractivity contribution in [2.45, 2.75) is 0 Å². The minimum Gasteiger partial charge on any atom is -0.350 e. The van der Waals surface area contributed by atoms with Crippen LogP contribution in [0.2, 0.25) is 0 Å². The lowest BCUT2D eigenvalue weighted by atomic mass is 10.3. The summed E-state index contributed by atoms with van der Waals surface area (Å²) in [7, 11) is 2.07. The van der Waals surface area contributed by atoms with E-state index in [9.17, 15) is 9.65 Å². The topological polar surface area (TPSA) is 61.0 Å². The van der Waals surface area contributed by atoms with Crippen LogP contribution in [0, 0.1) is 17.1 Å². The van der Waals surface area contributed by atoms with E-state index in [1.165, 1.54) is 16.9 Å². The van der Waals surface area contributed by atoms with E-state index in [1.54, 1.807) is 12.1 Å². The zero-order valence-corrected chi connectivity index (χ0v) is 11.7. The molecule has 0 aliphatic carbocycles. The number of rotatable bonds is 2. The van der Waals surface area contributed by atoms with Crippen LogP contribution in [0.5, 0.6) is 0 Å². The summed E-state index contributed by atoms with van der Waals surface area (Å²) in [6.45, 7) is 3.48. The van der Waals surface area contributed by atoms with Crippen LogP contribution >= 0.6 is 0 Å². The van der Waals surface area contributed by atoms with Crippen molar-refractivity contribution in [3.8, 4) is 11.8 Å². The summed E-state index contributed by atoms with van der Waals surface area (Å²) < 4.78 is 13.0. The molecule has 0 spiro atoms. The Balaban J connectivity index is 1.91. The molecule has 1 fully saturated rings. The van der Waals surface area contributed by atoms with Crippen molar-refractivity contribution in [3.05, 3.63) is 35.8 Å². The van der Waals surface area contributed by atoms with E-state index in [4.69, 9.17) is 0 Å². The van der Waals surface area contributed by atoms with Crippen molar-refractivity contribution in [1.82, 2.24) is 19.9 Å². The highest BCUT2D eigenvalue weighted by Crippen LogP contribution is 2.19. The minimum atomic E-state index is -0.314. The van der Waals surface area contributed by atoms with E-state index in [-0.39, 0.29) is 5.82 Å². The molecule has 7 heteroatoms. The van der Waals surface area contributed by atoms with Crippen molar-refractivity contribution in [1.29, 1.82) is 5.26 Å². The molecule has 2 aromatic rings. The number of aromatic nitrogens is 3. The predicted molar refractivity (Wildman–Crippen MR) is 75.7 cm³/mol. The molecule has 0 N–H and O–H groups in total. The third-order valence-corrected chi connectivity index (χ3v) is 3.56. The number of nitrogens with zero attached hydrogens (tertiary/aromatic N) is 6. The molecule has 1 aliphatic heterocycles. The van der Waals surface area contributed by atoms with Crippen molar-refractivity contribution in [3.63, 3.8) is 0 Å². The smallest absolute Gasteiger partial charge is 0.207 e. The lowest BCUT2D eigenvalue weighted by Gasteiger charge is -2.32. The summed E-state index contributed by atoms with van der Waals surface area (Å²) in [5, 5.41) is 17.8. The second-order valence-electron chi connectivity index (χ2n) is 5.04. The number of benzene rings is 1. The van der Waals surface area contributed by atoms with E-state index in [1.807, 2.05) is 0 Å². The number of anilines is 1. The zero-order chi connectivity index (χ0) is 14.8. The Kier molecular flexibility index (Phi) is 3.54. The van der Waals surface area contributed by atoms with Crippen LogP contribution in [0.25, 0.3) is 5.69 Å². The monoisotopic (exact) mass is 286 g/mol. The van der Waals surface area contributed by atoms with Gasteiger partial charge in [-0.3, -0.25) is 0 Å². The Labute approximate surface area is 122 Å². The van der Waals surface area contributed by atoms with Crippen molar-refractivity contribution in [2.75, 3.05) is 38.1 Å². The average molecular weight is 286 g/mol. The maximum atomic E-state index is 13.0. The first-order valence-corrected chi connectivity index (χ1v) is 6.74. The van der Waals surface area contributed by atoms with Gasteiger partial charge in [-0.05, 0) is 31.3 Å². The lowest BCUT2D eigenvalue weighted by Crippen LogP contribution is -2.45. The highest BCUT2D eigenvalue weighted by Gasteiger charge is 2.21. The molecule has 0 atom stereocenters. The fourth-order valence-electron chi connectivity index (χ4n) is 2.29. The van der Waals surface area contributed by atoms with E-state index < -0.39 is 0 Å². The molecule has 0 bridgehead atoms. The number of nitriles is 1. The van der Waals surface area contributed by atoms with Crippen LogP contribution in [0.15, 0.2) is 24.3 Å². The lowest BCUT2D eigenvalue weighted by molar-refractivity contribution is 0.312. The fourth-order valence-corrected chi connectivity index (χ4v) is 2.29. The predicted octanol–water partition coefficient (Wildman–Crippen LogP) is 1.03. The highest BCUT2D eigenvalue weighted by molar-refractivity contribution is 5.50. The fraction of sp³-hybridized carbons (Fsp3) is 0.357. The van der Waals surface area contributed by atoms with Crippen LogP contribution in [0.4, 0.5) is 10.2 Å². The van der Waals surface area contributed by atoms with Gasteiger partial charge in [-0.15, -0.1) is 15.0 Å². The Hall–Kier alpha value is -2.46. The molecule has 3 rings (SSSR count). The number of hydrogen-bond donors (Lipinski definition) is 0. The summed E-state index contributed by atoms with van der Waals surface area (Å²) in [5.41, 5.74) is 0.928. The molecule has 0 saturated carbocycles. The van der Waals surface area contributed by atoms with Gasteiger partial charge < -0.3 is 9.80 Å². The van der Waals surface area contributed by atoms with Gasteiger partial charge in [0.25, 0.3) is 0 Å². The maximum absolute atomic E-state index is 13.0. The Morgan fingerprint density at radius 3 is 2.38 bits per heavy atom. The third-order valence-electron chi connectivity index (χ3n) is 3.56. The van der Waals surface area contributed by atoms with E-state index in [2.05, 4.69) is 33.1 Å². The van der Waals surface area contributed by atoms with Gasteiger partial charge in [-0.2, -0.15) is 5.26 Å². The molecule has 21 heavy (non-hydrogen) atoms. The first-order valence-electron chi connectivity index (χ1n) is 6.74. The van der Waals surface area contributed by atoms with Gasteiger partial charge in [-0.25, -0.2) is 4.39 Å². The molecular weight excluding hydrogens is 271 g/mol. The van der Waals surface area contributed by atoms with Crippen molar-refractivity contribution < 1.29 is 4.39 Å². The van der Waals surface area contributed by atoms with Crippen molar-refractivity contribution in [2.24, 2.45) is 0 Å². The maximum Gasteiger partial charge on any atom is 0.207 e. The van der Waals surface area contributed by atoms with Crippen LogP contribution in [-0.4, -0.2) is 53.1 Å². The zero-order valence-electron chi connectivity index (χ0n) is 11.7. The normalized spacial score (nSPS) is 16.0. The van der Waals surface area contributed by atoms with Gasteiger partial charge >= 0.3 is 0 Å². The number of halogens is 1. The molecule has 6 nitrogen and oxygen atoms in total. The first-order chi connectivity index (χ1) is 10.2. The molecule has 108 valence electrons. The number of likely N-dealkylation sites (N-methyl/N-ethyl adjacent to an activating group) is 1. The summed E-state index contributed by atoms with van der Waals surface area (Å²) >= 11 is 0. The molecule has 0 amide bonds. The molecular formula is C14H15FN6. The molecule has 2 heterocycles. The van der Waals surface area contributed by atoms with Gasteiger partial charge in [0.1, 0.15) is 11.9 Å². The van der Waals surface area contributed by atoms with E-state index in [0.29, 0.717) is 17.2 Å². The van der Waals surface area contributed by atoms with E-state index in [0.717, 1.165) is 26.2 Å². The minimum absolute atomic E-state index is 0.295. The summed E-state index contributed by atoms with van der Waals surface area (Å²) in [5.74, 6) is 0.278. The Bertz CT molecular complexity index is 664. The van der Waals surface area contributed by atoms with Crippen LogP contribution in [0.3, 0.4) is 0 Å². The molecule has 1 aromatic carbocycles. The molecule has 1 aromatic heterocycles. The summed E-state index contributed by atoms with van der Waals surface area (Å²) in [6.07, 6.45) is 0. The number of hydrogen-bond acceptors (Lipinski definition) is 5. The molecule has 1 aliphatic rings. The van der Waals surface area contributed by atoms with Gasteiger partial charge in [0, 0.05) is 26.2 Å². The van der Waals surface area contributed by atoms with E-state index >= 15 is 0 Å². The highest BCUT2D eigenvalue weighted by atomic mass is 19.1. The SMILES string of the molecule is CN1CCN(c2nn(-c3ccc(F)cc3)nc2C#N)CC1. The molecule has 1 saturated heterocycles. The average Bonchev–Trinajstić information content (AvgIpc) is 2.93. The second kappa shape index (κ2) is 5.50. The number of piperazine rings is 1. The van der Waals surface area contributed by atoms with Crippen molar-refractivity contribution >= 4 is 5.82 Å². The second-order valence-corrected chi connectivity index (χ2v) is 5.04. The largest absolute Gasteiger partial charge is 0.350 e. The van der Waals surface area contributed by atoms with Gasteiger partial charge in [-0.1, -0.05) is 0 Å².